The third-order valence-electron chi connectivity index (χ3n) is 4.54. The second-order valence-electron chi connectivity index (χ2n) is 7.05. The van der Waals surface area contributed by atoms with Crippen molar-refractivity contribution < 1.29 is 18.9 Å². The van der Waals surface area contributed by atoms with Gasteiger partial charge in [0.15, 0.2) is 5.58 Å². The lowest BCUT2D eigenvalue weighted by Gasteiger charge is -2.09. The van der Waals surface area contributed by atoms with E-state index in [9.17, 15) is 19.7 Å². The molecule has 0 bridgehead atoms. The van der Waals surface area contributed by atoms with E-state index >= 15 is 0 Å². The number of nitrogens with zero attached hydrogens (tertiary/aromatic N) is 2. The van der Waals surface area contributed by atoms with Crippen LogP contribution in [0.1, 0.15) is 24.0 Å². The molecule has 0 unspecified atom stereocenters. The number of aryl methyl sites for hydroxylation is 3. The molecule has 3 aromatic rings. The number of nitrogens with one attached hydrogen (secondary N) is 1. The van der Waals surface area contributed by atoms with Gasteiger partial charge in [0.2, 0.25) is 5.91 Å². The number of nitro groups is 1. The molecule has 0 saturated carbocycles. The number of hydrogen-bond acceptors (Lipinski definition) is 6. The van der Waals surface area contributed by atoms with E-state index in [1.54, 1.807) is 0 Å². The van der Waals surface area contributed by atoms with E-state index in [-0.39, 0.29) is 30.1 Å². The van der Waals surface area contributed by atoms with Crippen LogP contribution in [0.15, 0.2) is 45.6 Å². The Bertz CT molecular complexity index is 1110. The molecule has 2 aromatic carbocycles. The van der Waals surface area contributed by atoms with Crippen molar-refractivity contribution >= 4 is 22.7 Å². The number of amides is 1. The Balaban J connectivity index is 1.45. The van der Waals surface area contributed by atoms with Gasteiger partial charge in [-0.15, -0.1) is 0 Å². The number of carbonyl (C=O) groups excluding carboxylic acids is 1. The first-order chi connectivity index (χ1) is 14.3. The Morgan fingerprint density at radius 1 is 1.20 bits per heavy atom. The van der Waals surface area contributed by atoms with Gasteiger partial charge in [0, 0.05) is 19.0 Å². The number of benzene rings is 2. The topological polar surface area (TPSA) is 117 Å². The lowest BCUT2D eigenvalue weighted by Crippen LogP contribution is -2.28. The third-order valence-corrected chi connectivity index (χ3v) is 4.54. The summed E-state index contributed by atoms with van der Waals surface area (Å²) >= 11 is 0. The maximum Gasteiger partial charge on any atom is 0.419 e. The first-order valence-corrected chi connectivity index (χ1v) is 9.59. The van der Waals surface area contributed by atoms with E-state index in [1.807, 2.05) is 26.0 Å². The molecule has 1 aromatic heterocycles. The molecular weight excluding hydrogens is 390 g/mol. The maximum absolute atomic E-state index is 12.0. The average molecular weight is 413 g/mol. The molecule has 0 fully saturated rings. The molecule has 0 aliphatic carbocycles. The normalized spacial score (nSPS) is 10.9. The fourth-order valence-corrected chi connectivity index (χ4v) is 3.24. The minimum absolute atomic E-state index is 0.143. The van der Waals surface area contributed by atoms with Crippen molar-refractivity contribution in [3.8, 4) is 5.75 Å². The monoisotopic (exact) mass is 413 g/mol. The number of non-ortho nitro benzene ring substituents is 1. The number of carbonyl (C=O) groups is 1. The van der Waals surface area contributed by atoms with E-state index in [4.69, 9.17) is 9.15 Å². The van der Waals surface area contributed by atoms with Crippen LogP contribution < -0.4 is 15.8 Å². The molecule has 0 saturated heterocycles. The number of ether oxygens (including phenoxy) is 1. The Kier molecular flexibility index (Phi) is 6.51. The fourth-order valence-electron chi connectivity index (χ4n) is 3.24. The van der Waals surface area contributed by atoms with Crippen LogP contribution in [-0.4, -0.2) is 28.5 Å². The zero-order valence-corrected chi connectivity index (χ0v) is 16.8. The summed E-state index contributed by atoms with van der Waals surface area (Å²) in [6.07, 6.45) is 0.658. The number of rotatable bonds is 9. The lowest BCUT2D eigenvalue weighted by molar-refractivity contribution is -0.384. The molecule has 30 heavy (non-hydrogen) atoms. The number of nitro benzene ring substituents is 1. The second kappa shape index (κ2) is 9.25. The summed E-state index contributed by atoms with van der Waals surface area (Å²) in [5.74, 6) is 0.0245. The largest absolute Gasteiger partial charge is 0.492 e. The van der Waals surface area contributed by atoms with Crippen LogP contribution in [0.3, 0.4) is 0 Å². The molecule has 1 amide bonds. The number of aromatic nitrogens is 1. The molecule has 0 aliphatic rings. The molecule has 1 heterocycles. The summed E-state index contributed by atoms with van der Waals surface area (Å²) in [7, 11) is 0. The van der Waals surface area contributed by atoms with E-state index in [2.05, 4.69) is 11.4 Å². The van der Waals surface area contributed by atoms with Gasteiger partial charge in [-0.25, -0.2) is 4.79 Å². The van der Waals surface area contributed by atoms with Gasteiger partial charge >= 0.3 is 5.76 Å². The van der Waals surface area contributed by atoms with Crippen LogP contribution >= 0.6 is 0 Å². The first kappa shape index (κ1) is 21.1. The predicted octanol–water partition coefficient (Wildman–Crippen LogP) is 3.09. The molecule has 9 heteroatoms. The molecular formula is C21H23N3O6. The first-order valence-electron chi connectivity index (χ1n) is 9.59. The summed E-state index contributed by atoms with van der Waals surface area (Å²) in [5, 5.41) is 13.6. The van der Waals surface area contributed by atoms with Crippen molar-refractivity contribution in [3.05, 3.63) is 68.2 Å². The fraction of sp³-hybridized carbons (Fsp3) is 0.333. The van der Waals surface area contributed by atoms with Crippen LogP contribution in [0.4, 0.5) is 5.69 Å². The molecule has 0 radical (unpaired) electrons. The third kappa shape index (κ3) is 5.25. The molecule has 0 aliphatic heterocycles. The quantitative estimate of drug-likeness (QED) is 0.327. The number of fused-ring (bicyclic) bond motifs is 1. The van der Waals surface area contributed by atoms with E-state index in [1.165, 1.54) is 22.8 Å². The van der Waals surface area contributed by atoms with Crippen LogP contribution in [0.5, 0.6) is 5.75 Å². The van der Waals surface area contributed by atoms with Crippen LogP contribution in [0.25, 0.3) is 11.1 Å². The summed E-state index contributed by atoms with van der Waals surface area (Å²) in [6.45, 7) is 5.01. The van der Waals surface area contributed by atoms with Crippen molar-refractivity contribution in [2.24, 2.45) is 0 Å². The minimum Gasteiger partial charge on any atom is -0.492 e. The van der Waals surface area contributed by atoms with Gasteiger partial charge in [0.05, 0.1) is 23.1 Å². The van der Waals surface area contributed by atoms with Gasteiger partial charge < -0.3 is 14.5 Å². The Hall–Kier alpha value is -3.62. The highest BCUT2D eigenvalue weighted by Crippen LogP contribution is 2.20. The highest BCUT2D eigenvalue weighted by atomic mass is 16.6. The summed E-state index contributed by atoms with van der Waals surface area (Å²) in [5.41, 5.74) is 2.71. The molecule has 9 nitrogen and oxygen atoms in total. The molecule has 3 rings (SSSR count). The SMILES string of the molecule is Cc1cc(C)cc(OCCNC(=O)CCCn2c(=O)oc3cc([N+](=O)[O-])ccc32)c1. The highest BCUT2D eigenvalue weighted by Gasteiger charge is 2.14. The van der Waals surface area contributed by atoms with Crippen molar-refractivity contribution in [2.75, 3.05) is 13.2 Å². The van der Waals surface area contributed by atoms with Gasteiger partial charge in [-0.1, -0.05) is 6.07 Å². The van der Waals surface area contributed by atoms with E-state index < -0.39 is 10.7 Å². The predicted molar refractivity (Wildman–Crippen MR) is 111 cm³/mol. The van der Waals surface area contributed by atoms with Crippen LogP contribution in [0, 0.1) is 24.0 Å². The summed E-state index contributed by atoms with van der Waals surface area (Å²) < 4.78 is 12.1. The van der Waals surface area contributed by atoms with Gasteiger partial charge in [-0.3, -0.25) is 19.5 Å². The van der Waals surface area contributed by atoms with Crippen molar-refractivity contribution in [1.82, 2.24) is 9.88 Å². The molecule has 1 N–H and O–H groups in total. The zero-order chi connectivity index (χ0) is 21.7. The van der Waals surface area contributed by atoms with E-state index in [0.29, 0.717) is 25.1 Å². The average Bonchev–Trinajstić information content (AvgIpc) is 2.99. The Morgan fingerprint density at radius 3 is 2.63 bits per heavy atom. The molecule has 0 atom stereocenters. The van der Waals surface area contributed by atoms with Gasteiger partial charge in [-0.05, 0) is 49.6 Å². The van der Waals surface area contributed by atoms with Crippen molar-refractivity contribution in [3.63, 3.8) is 0 Å². The maximum atomic E-state index is 12.0. The van der Waals surface area contributed by atoms with Crippen molar-refractivity contribution in [1.29, 1.82) is 0 Å². The smallest absolute Gasteiger partial charge is 0.419 e. The molecule has 158 valence electrons. The van der Waals surface area contributed by atoms with Gasteiger partial charge in [-0.2, -0.15) is 0 Å². The Labute approximate surface area is 172 Å². The zero-order valence-electron chi connectivity index (χ0n) is 16.8. The number of hydrogen-bond donors (Lipinski definition) is 1. The van der Waals surface area contributed by atoms with Crippen LogP contribution in [-0.2, 0) is 11.3 Å². The highest BCUT2D eigenvalue weighted by molar-refractivity contribution is 5.76. The second-order valence-corrected chi connectivity index (χ2v) is 7.05. The standard InChI is InChI=1S/C21H23N3O6/c1-14-10-15(2)12-17(11-14)29-9-7-22-20(25)4-3-8-23-18-6-5-16(24(27)28)13-19(18)30-21(23)26/h5-6,10-13H,3-4,7-9H2,1-2H3,(H,22,25). The summed E-state index contributed by atoms with van der Waals surface area (Å²) in [6, 6.07) is 9.95. The lowest BCUT2D eigenvalue weighted by atomic mass is 10.1. The van der Waals surface area contributed by atoms with Gasteiger partial charge in [0.25, 0.3) is 5.69 Å². The van der Waals surface area contributed by atoms with Crippen LogP contribution in [0.2, 0.25) is 0 Å². The van der Waals surface area contributed by atoms with E-state index in [0.717, 1.165) is 16.9 Å². The molecule has 0 spiro atoms. The van der Waals surface area contributed by atoms with Gasteiger partial charge in [0.1, 0.15) is 12.4 Å². The Morgan fingerprint density at radius 2 is 1.93 bits per heavy atom. The minimum atomic E-state index is -0.604. The van der Waals surface area contributed by atoms with Crippen molar-refractivity contribution in [2.45, 2.75) is 33.2 Å². The number of oxazole rings is 1. The summed E-state index contributed by atoms with van der Waals surface area (Å²) in [4.78, 5) is 34.3.